The van der Waals surface area contributed by atoms with Gasteiger partial charge in [0.15, 0.2) is 0 Å². The van der Waals surface area contributed by atoms with Crippen molar-refractivity contribution in [1.82, 2.24) is 5.32 Å². The zero-order chi connectivity index (χ0) is 23.4. The number of rotatable bonds is 6. The molecule has 1 N–H and O–H groups in total. The number of esters is 1. The van der Waals surface area contributed by atoms with Crippen molar-refractivity contribution in [3.05, 3.63) is 94.5 Å². The summed E-state index contributed by atoms with van der Waals surface area (Å²) in [5.41, 5.74) is -0.301. The van der Waals surface area contributed by atoms with E-state index < -0.39 is 23.8 Å². The van der Waals surface area contributed by atoms with Crippen LogP contribution in [0.1, 0.15) is 51.5 Å². The number of hydrogen-bond donors (Lipinski definition) is 1. The van der Waals surface area contributed by atoms with Gasteiger partial charge in [0.05, 0.1) is 5.56 Å². The fourth-order valence-electron chi connectivity index (χ4n) is 4.16. The Morgan fingerprint density at radius 2 is 1.73 bits per heavy atom. The Morgan fingerprint density at radius 1 is 1.06 bits per heavy atom. The van der Waals surface area contributed by atoms with Crippen LogP contribution in [0.25, 0.3) is 0 Å². The topological polar surface area (TPSA) is 47.6 Å². The van der Waals surface area contributed by atoms with Gasteiger partial charge in [-0.25, -0.2) is 4.79 Å². The van der Waals surface area contributed by atoms with Gasteiger partial charge in [0.2, 0.25) is 0 Å². The third-order valence-electron chi connectivity index (χ3n) is 5.69. The minimum atomic E-state index is -4.64. The number of hydrogen-bond acceptors (Lipinski definition) is 4. The molecule has 0 aliphatic carbocycles. The highest BCUT2D eigenvalue weighted by Gasteiger charge is 2.40. The summed E-state index contributed by atoms with van der Waals surface area (Å²) in [4.78, 5) is 13.1. The first kappa shape index (κ1) is 22.9. The summed E-state index contributed by atoms with van der Waals surface area (Å²) in [6.45, 7) is 2.05. The van der Waals surface area contributed by atoms with Crippen LogP contribution in [-0.2, 0) is 12.8 Å². The summed E-state index contributed by atoms with van der Waals surface area (Å²) in [6.07, 6.45) is -3.28. The van der Waals surface area contributed by atoms with Crippen LogP contribution in [-0.4, -0.2) is 12.5 Å². The predicted molar refractivity (Wildman–Crippen MR) is 118 cm³/mol. The first-order chi connectivity index (χ1) is 15.8. The molecule has 0 saturated carbocycles. The first-order valence-corrected chi connectivity index (χ1v) is 10.8. The molecule has 1 heterocycles. The summed E-state index contributed by atoms with van der Waals surface area (Å²) < 4.78 is 53.9. The van der Waals surface area contributed by atoms with Crippen LogP contribution in [0.4, 0.5) is 13.2 Å². The maximum Gasteiger partial charge on any atom is 0.417 e. The van der Waals surface area contributed by atoms with Gasteiger partial charge >= 0.3 is 12.1 Å². The SMILES string of the molecule is Cc1c(C(=O)Oc2ccccc2)c(OCc2ccccc2)cc([C@H]2CCCN2)c1C(F)(F)F. The van der Waals surface area contributed by atoms with E-state index in [-0.39, 0.29) is 34.8 Å². The fraction of sp³-hybridized carbons (Fsp3) is 0.269. The number of alkyl halides is 3. The molecule has 1 fully saturated rings. The van der Waals surface area contributed by atoms with Crippen molar-refractivity contribution in [2.75, 3.05) is 6.54 Å². The molecule has 0 aromatic heterocycles. The summed E-state index contributed by atoms with van der Waals surface area (Å²) in [5, 5.41) is 3.13. The Hall–Kier alpha value is -3.32. The predicted octanol–water partition coefficient (Wildman–Crippen LogP) is 6.24. The quantitative estimate of drug-likeness (QED) is 0.353. The van der Waals surface area contributed by atoms with Crippen molar-refractivity contribution < 1.29 is 27.4 Å². The highest BCUT2D eigenvalue weighted by molar-refractivity contribution is 5.96. The lowest BCUT2D eigenvalue weighted by molar-refractivity contribution is -0.138. The normalized spacial score (nSPS) is 15.9. The number of halogens is 3. The number of nitrogens with one attached hydrogen (secondary N) is 1. The lowest BCUT2D eigenvalue weighted by Crippen LogP contribution is -2.23. The smallest absolute Gasteiger partial charge is 0.417 e. The van der Waals surface area contributed by atoms with Crippen LogP contribution >= 0.6 is 0 Å². The number of carbonyl (C=O) groups is 1. The van der Waals surface area contributed by atoms with Gasteiger partial charge in [-0.3, -0.25) is 0 Å². The van der Waals surface area contributed by atoms with Crippen molar-refractivity contribution >= 4 is 5.97 Å². The van der Waals surface area contributed by atoms with Gasteiger partial charge in [-0.05, 0) is 61.2 Å². The third kappa shape index (κ3) is 5.20. The van der Waals surface area contributed by atoms with Crippen molar-refractivity contribution in [3.8, 4) is 11.5 Å². The number of benzene rings is 3. The van der Waals surface area contributed by atoms with E-state index in [1.165, 1.54) is 13.0 Å². The zero-order valence-corrected chi connectivity index (χ0v) is 18.1. The Kier molecular flexibility index (Phi) is 6.70. The molecule has 0 radical (unpaired) electrons. The van der Waals surface area contributed by atoms with Crippen LogP contribution in [0.5, 0.6) is 11.5 Å². The fourth-order valence-corrected chi connectivity index (χ4v) is 4.16. The molecule has 1 atom stereocenters. The monoisotopic (exact) mass is 455 g/mol. The van der Waals surface area contributed by atoms with E-state index in [4.69, 9.17) is 9.47 Å². The van der Waals surface area contributed by atoms with Crippen LogP contribution in [0.2, 0.25) is 0 Å². The molecule has 1 aliphatic rings. The molecule has 0 bridgehead atoms. The standard InChI is InChI=1S/C26H24F3NO3/c1-17-23(25(31)33-19-11-6-3-7-12-19)22(32-16-18-9-4-2-5-10-18)15-20(21-13-8-14-30-21)24(17)26(27,28)29/h2-7,9-12,15,21,30H,8,13-14,16H2,1H3/t21-/m1/s1. The van der Waals surface area contributed by atoms with Gasteiger partial charge in [0, 0.05) is 6.04 Å². The van der Waals surface area contributed by atoms with Gasteiger partial charge in [0.25, 0.3) is 0 Å². The second-order valence-electron chi connectivity index (χ2n) is 7.96. The maximum atomic E-state index is 14.2. The average Bonchev–Trinajstić information content (AvgIpc) is 3.32. The van der Waals surface area contributed by atoms with E-state index in [0.717, 1.165) is 12.0 Å². The Morgan fingerprint density at radius 3 is 2.33 bits per heavy atom. The molecule has 33 heavy (non-hydrogen) atoms. The minimum Gasteiger partial charge on any atom is -0.488 e. The highest BCUT2D eigenvalue weighted by atomic mass is 19.4. The summed E-state index contributed by atoms with van der Waals surface area (Å²) in [6, 6.07) is 18.4. The molecule has 0 spiro atoms. The van der Waals surface area contributed by atoms with Gasteiger partial charge in [-0.1, -0.05) is 48.5 Å². The van der Waals surface area contributed by atoms with Crippen molar-refractivity contribution in [1.29, 1.82) is 0 Å². The van der Waals surface area contributed by atoms with E-state index in [9.17, 15) is 18.0 Å². The van der Waals surface area contributed by atoms with Crippen LogP contribution in [0, 0.1) is 6.92 Å². The molecule has 3 aromatic carbocycles. The van der Waals surface area contributed by atoms with E-state index in [1.807, 2.05) is 30.3 Å². The van der Waals surface area contributed by atoms with Crippen molar-refractivity contribution in [2.24, 2.45) is 0 Å². The molecule has 0 amide bonds. The Balaban J connectivity index is 1.80. The molecule has 1 aliphatic heterocycles. The number of ether oxygens (including phenoxy) is 2. The molecule has 3 aromatic rings. The van der Waals surface area contributed by atoms with Gasteiger partial charge in [0.1, 0.15) is 23.7 Å². The molecule has 4 nitrogen and oxygen atoms in total. The molecular formula is C26H24F3NO3. The largest absolute Gasteiger partial charge is 0.488 e. The van der Waals surface area contributed by atoms with Gasteiger partial charge in [-0.2, -0.15) is 13.2 Å². The lowest BCUT2D eigenvalue weighted by Gasteiger charge is -2.24. The Labute approximate surface area is 190 Å². The van der Waals surface area contributed by atoms with Crippen LogP contribution < -0.4 is 14.8 Å². The molecule has 1 saturated heterocycles. The van der Waals surface area contributed by atoms with Gasteiger partial charge in [-0.15, -0.1) is 0 Å². The van der Waals surface area contributed by atoms with Crippen LogP contribution in [0.3, 0.4) is 0 Å². The van der Waals surface area contributed by atoms with Gasteiger partial charge < -0.3 is 14.8 Å². The van der Waals surface area contributed by atoms with Crippen molar-refractivity contribution in [2.45, 2.75) is 38.6 Å². The Bertz CT molecular complexity index is 1110. The van der Waals surface area contributed by atoms with Crippen molar-refractivity contribution in [3.63, 3.8) is 0 Å². The second kappa shape index (κ2) is 9.67. The zero-order valence-electron chi connectivity index (χ0n) is 18.1. The van der Waals surface area contributed by atoms with E-state index in [0.29, 0.717) is 13.0 Å². The summed E-state index contributed by atoms with van der Waals surface area (Å²) in [7, 11) is 0. The van der Waals surface area contributed by atoms with Crippen LogP contribution in [0.15, 0.2) is 66.7 Å². The lowest BCUT2D eigenvalue weighted by atomic mass is 9.90. The average molecular weight is 455 g/mol. The highest BCUT2D eigenvalue weighted by Crippen LogP contribution is 2.43. The molecule has 172 valence electrons. The summed E-state index contributed by atoms with van der Waals surface area (Å²) in [5.74, 6) is -0.571. The molecule has 4 rings (SSSR count). The first-order valence-electron chi connectivity index (χ1n) is 10.8. The third-order valence-corrected chi connectivity index (χ3v) is 5.69. The summed E-state index contributed by atoms with van der Waals surface area (Å²) >= 11 is 0. The molecule has 0 unspecified atom stereocenters. The minimum absolute atomic E-state index is 0.0778. The molecule has 7 heteroatoms. The second-order valence-corrected chi connectivity index (χ2v) is 7.96. The van der Waals surface area contributed by atoms with E-state index in [2.05, 4.69) is 5.32 Å². The maximum absolute atomic E-state index is 14.2. The molecular weight excluding hydrogens is 431 g/mol. The number of carbonyl (C=O) groups excluding carboxylic acids is 1. The number of para-hydroxylation sites is 1. The van der Waals surface area contributed by atoms with E-state index in [1.54, 1.807) is 30.3 Å². The van der Waals surface area contributed by atoms with E-state index >= 15 is 0 Å².